The lowest BCUT2D eigenvalue weighted by Crippen LogP contribution is -2.34. The highest BCUT2D eigenvalue weighted by molar-refractivity contribution is 5.76. The Bertz CT molecular complexity index is 177. The zero-order valence-electron chi connectivity index (χ0n) is 5.63. The van der Waals surface area contributed by atoms with Crippen molar-refractivity contribution in [1.29, 1.82) is 0 Å². The Labute approximate surface area is 60.8 Å². The third kappa shape index (κ3) is 3.49. The van der Waals surface area contributed by atoms with E-state index < -0.39 is 24.5 Å². The first-order valence-electron chi connectivity index (χ1n) is 2.61. The van der Waals surface area contributed by atoms with Gasteiger partial charge in [0.15, 0.2) is 6.61 Å². The van der Waals surface area contributed by atoms with Crippen LogP contribution < -0.4 is 0 Å². The average Bonchev–Trinajstić information content (AvgIpc) is 1.84. The number of rotatable bonds is 3. The number of carbonyl (C=O) groups excluding carboxylic acids is 1. The van der Waals surface area contributed by atoms with Crippen LogP contribution in [0.3, 0.4) is 0 Å². The van der Waals surface area contributed by atoms with Crippen molar-refractivity contribution >= 4 is 11.9 Å². The van der Waals surface area contributed by atoms with Gasteiger partial charge in [-0.15, -0.1) is 0 Å². The molecule has 0 amide bonds. The molecule has 0 spiro atoms. The quantitative estimate of drug-likeness (QED) is 0.614. The summed E-state index contributed by atoms with van der Waals surface area (Å²) in [5.41, 5.74) is 0. The zero-order valence-corrected chi connectivity index (χ0v) is 5.63. The fourth-order valence-electron chi connectivity index (χ4n) is 0.254. The number of ether oxygens (including phenoxy) is 1. The van der Waals surface area contributed by atoms with Crippen LogP contribution in [0.5, 0.6) is 0 Å². The van der Waals surface area contributed by atoms with E-state index in [-0.39, 0.29) is 0 Å². The van der Waals surface area contributed by atoms with Gasteiger partial charge in [0, 0.05) is 6.92 Å². The zero-order chi connectivity index (χ0) is 9.07. The monoisotopic (exact) mass is 168 g/mol. The fraction of sp³-hybridized carbons (Fsp3) is 0.600. The van der Waals surface area contributed by atoms with Crippen LogP contribution in [-0.4, -0.2) is 29.6 Å². The summed E-state index contributed by atoms with van der Waals surface area (Å²) in [6.07, 6.45) is 0. The number of hydrogen-bond donors (Lipinski definition) is 1. The van der Waals surface area contributed by atoms with Crippen LogP contribution in [0.25, 0.3) is 0 Å². The minimum atomic E-state index is -3.99. The van der Waals surface area contributed by atoms with Crippen LogP contribution >= 0.6 is 0 Å². The standard InChI is InChI=1S/C5H6F2O4/c1-3(8)11-2-5(6,7)4(9)10/h2H2,1H3,(H,9,10). The number of hydrogen-bond acceptors (Lipinski definition) is 3. The molecule has 0 aliphatic rings. The molecular weight excluding hydrogens is 162 g/mol. The van der Waals surface area contributed by atoms with Crippen molar-refractivity contribution in [2.75, 3.05) is 6.61 Å². The number of aliphatic carboxylic acids is 1. The van der Waals surface area contributed by atoms with E-state index in [9.17, 15) is 18.4 Å². The van der Waals surface area contributed by atoms with E-state index in [2.05, 4.69) is 4.74 Å². The van der Waals surface area contributed by atoms with E-state index in [0.717, 1.165) is 6.92 Å². The van der Waals surface area contributed by atoms with Crippen molar-refractivity contribution in [2.24, 2.45) is 0 Å². The Morgan fingerprint density at radius 3 is 2.27 bits per heavy atom. The first-order valence-corrected chi connectivity index (χ1v) is 2.61. The third-order valence-electron chi connectivity index (χ3n) is 0.770. The number of carbonyl (C=O) groups is 2. The van der Waals surface area contributed by atoms with Gasteiger partial charge in [-0.2, -0.15) is 8.78 Å². The van der Waals surface area contributed by atoms with E-state index in [0.29, 0.717) is 0 Å². The predicted octanol–water partition coefficient (Wildman–Crippen LogP) is 0.269. The summed E-state index contributed by atoms with van der Waals surface area (Å²) >= 11 is 0. The molecule has 64 valence electrons. The first-order chi connectivity index (χ1) is 4.86. The van der Waals surface area contributed by atoms with Gasteiger partial charge in [0.2, 0.25) is 0 Å². The molecule has 0 fully saturated rings. The lowest BCUT2D eigenvalue weighted by molar-refractivity contribution is -0.176. The molecule has 6 heteroatoms. The molecule has 0 aromatic carbocycles. The lowest BCUT2D eigenvalue weighted by atomic mass is 10.4. The molecule has 0 saturated carbocycles. The van der Waals surface area contributed by atoms with E-state index >= 15 is 0 Å². The minimum absolute atomic E-state index is 0.915. The van der Waals surface area contributed by atoms with Crippen LogP contribution in [0.15, 0.2) is 0 Å². The number of halogens is 2. The van der Waals surface area contributed by atoms with Crippen molar-refractivity contribution in [1.82, 2.24) is 0 Å². The predicted molar refractivity (Wildman–Crippen MR) is 29.2 cm³/mol. The molecule has 1 N–H and O–H groups in total. The van der Waals surface area contributed by atoms with E-state index in [1.165, 1.54) is 0 Å². The number of carboxylic acid groups (broad SMARTS) is 1. The van der Waals surface area contributed by atoms with Gasteiger partial charge in [-0.1, -0.05) is 0 Å². The minimum Gasteiger partial charge on any atom is -0.477 e. The normalized spacial score (nSPS) is 10.8. The second kappa shape index (κ2) is 3.27. The summed E-state index contributed by atoms with van der Waals surface area (Å²) in [6, 6.07) is 0. The number of alkyl halides is 2. The highest BCUT2D eigenvalue weighted by Gasteiger charge is 2.40. The average molecular weight is 168 g/mol. The molecule has 0 saturated heterocycles. The van der Waals surface area contributed by atoms with Crippen molar-refractivity contribution in [3.05, 3.63) is 0 Å². The smallest absolute Gasteiger partial charge is 0.378 e. The molecule has 0 aliphatic heterocycles. The van der Waals surface area contributed by atoms with Gasteiger partial charge < -0.3 is 9.84 Å². The summed E-state index contributed by atoms with van der Waals surface area (Å²) in [7, 11) is 0. The summed E-state index contributed by atoms with van der Waals surface area (Å²) < 4.78 is 27.9. The van der Waals surface area contributed by atoms with Crippen molar-refractivity contribution in [3.63, 3.8) is 0 Å². The molecule has 0 aliphatic carbocycles. The van der Waals surface area contributed by atoms with Crippen LogP contribution in [0.2, 0.25) is 0 Å². The summed E-state index contributed by atoms with van der Waals surface area (Å²) in [6.45, 7) is -0.504. The van der Waals surface area contributed by atoms with Crippen LogP contribution in [0.1, 0.15) is 6.92 Å². The molecule has 11 heavy (non-hydrogen) atoms. The van der Waals surface area contributed by atoms with Gasteiger partial charge in [0.05, 0.1) is 0 Å². The molecule has 0 aromatic heterocycles. The highest BCUT2D eigenvalue weighted by atomic mass is 19.3. The molecule has 0 rings (SSSR count). The second-order valence-electron chi connectivity index (χ2n) is 1.79. The Balaban J connectivity index is 3.92. The molecule has 0 radical (unpaired) electrons. The van der Waals surface area contributed by atoms with Crippen LogP contribution in [0, 0.1) is 0 Å². The molecular formula is C5H6F2O4. The van der Waals surface area contributed by atoms with Crippen molar-refractivity contribution in [2.45, 2.75) is 12.8 Å². The van der Waals surface area contributed by atoms with Gasteiger partial charge in [0.1, 0.15) is 0 Å². The number of carboxylic acids is 1. The maximum absolute atomic E-state index is 12.0. The van der Waals surface area contributed by atoms with E-state index in [4.69, 9.17) is 5.11 Å². The molecule has 0 aromatic rings. The topological polar surface area (TPSA) is 63.6 Å². The molecule has 0 heterocycles. The maximum atomic E-state index is 12.0. The third-order valence-corrected chi connectivity index (χ3v) is 0.770. The molecule has 0 unspecified atom stereocenters. The Kier molecular flexibility index (Phi) is 2.91. The van der Waals surface area contributed by atoms with Crippen molar-refractivity contribution < 1.29 is 28.2 Å². The summed E-state index contributed by atoms with van der Waals surface area (Å²) in [5, 5.41) is 7.81. The van der Waals surface area contributed by atoms with Crippen LogP contribution in [0.4, 0.5) is 8.78 Å². The van der Waals surface area contributed by atoms with Gasteiger partial charge in [-0.3, -0.25) is 4.79 Å². The van der Waals surface area contributed by atoms with E-state index in [1.807, 2.05) is 0 Å². The molecule has 4 nitrogen and oxygen atoms in total. The maximum Gasteiger partial charge on any atom is 0.378 e. The molecule has 0 atom stereocenters. The van der Waals surface area contributed by atoms with Gasteiger partial charge in [-0.25, -0.2) is 4.79 Å². The largest absolute Gasteiger partial charge is 0.477 e. The van der Waals surface area contributed by atoms with Gasteiger partial charge >= 0.3 is 17.9 Å². The summed E-state index contributed by atoms with van der Waals surface area (Å²) in [4.78, 5) is 19.7. The summed E-state index contributed by atoms with van der Waals surface area (Å²) in [5.74, 6) is -7.24. The van der Waals surface area contributed by atoms with E-state index in [1.54, 1.807) is 0 Å². The van der Waals surface area contributed by atoms with Crippen molar-refractivity contribution in [3.8, 4) is 0 Å². The van der Waals surface area contributed by atoms with Gasteiger partial charge in [0.25, 0.3) is 0 Å². The molecule has 0 bridgehead atoms. The highest BCUT2D eigenvalue weighted by Crippen LogP contribution is 2.13. The fourth-order valence-corrected chi connectivity index (χ4v) is 0.254. The Morgan fingerprint density at radius 1 is 1.55 bits per heavy atom. The second-order valence-corrected chi connectivity index (χ2v) is 1.79. The Morgan fingerprint density at radius 2 is 2.00 bits per heavy atom. The lowest BCUT2D eigenvalue weighted by Gasteiger charge is -2.09. The first kappa shape index (κ1) is 9.80. The van der Waals surface area contributed by atoms with Crippen LogP contribution in [-0.2, 0) is 14.3 Å². The SMILES string of the molecule is CC(=O)OCC(F)(F)C(=O)O. The number of esters is 1. The Hall–Kier alpha value is -1.20. The van der Waals surface area contributed by atoms with Gasteiger partial charge in [-0.05, 0) is 0 Å².